The Morgan fingerprint density at radius 3 is 2.28 bits per heavy atom. The minimum absolute atomic E-state index is 0.0267. The van der Waals surface area contributed by atoms with Crippen molar-refractivity contribution in [1.82, 2.24) is 14.8 Å². The summed E-state index contributed by atoms with van der Waals surface area (Å²) in [6.45, 7) is 7.03. The monoisotopic (exact) mass is 435 g/mol. The molecule has 1 saturated heterocycles. The molecule has 3 aromatic rings. The van der Waals surface area contributed by atoms with Crippen LogP contribution in [-0.4, -0.2) is 66.0 Å². The van der Waals surface area contributed by atoms with Gasteiger partial charge in [-0.3, -0.25) is 9.59 Å². The van der Waals surface area contributed by atoms with Crippen molar-refractivity contribution < 1.29 is 19.1 Å². The van der Waals surface area contributed by atoms with Crippen LogP contribution in [0.3, 0.4) is 0 Å². The van der Waals surface area contributed by atoms with Gasteiger partial charge in [0, 0.05) is 37.1 Å². The summed E-state index contributed by atoms with van der Waals surface area (Å²) in [5.41, 5.74) is 2.42. The molecule has 2 aromatic carbocycles. The second-order valence-corrected chi connectivity index (χ2v) is 7.77. The fraction of sp³-hybridized carbons (Fsp3) is 0.360. The summed E-state index contributed by atoms with van der Waals surface area (Å²) in [7, 11) is 0. The molecule has 1 aromatic heterocycles. The number of piperazine rings is 1. The minimum atomic E-state index is -0.0267. The highest BCUT2D eigenvalue weighted by Gasteiger charge is 2.26. The van der Waals surface area contributed by atoms with E-state index in [9.17, 15) is 9.59 Å². The highest BCUT2D eigenvalue weighted by atomic mass is 16.5. The smallest absolute Gasteiger partial charge is 0.270 e. The lowest BCUT2D eigenvalue weighted by Crippen LogP contribution is -2.51. The van der Waals surface area contributed by atoms with Gasteiger partial charge in [-0.2, -0.15) is 0 Å². The molecule has 0 radical (unpaired) electrons. The number of fused-ring (bicyclic) bond motifs is 1. The topological polar surface area (TPSA) is 74.9 Å². The van der Waals surface area contributed by atoms with Crippen molar-refractivity contribution in [1.29, 1.82) is 0 Å². The number of rotatable bonds is 7. The van der Waals surface area contributed by atoms with Gasteiger partial charge in [-0.1, -0.05) is 24.3 Å². The lowest BCUT2D eigenvalue weighted by atomic mass is 10.1. The summed E-state index contributed by atoms with van der Waals surface area (Å²) < 4.78 is 11.3. The van der Waals surface area contributed by atoms with Gasteiger partial charge in [-0.05, 0) is 43.7 Å². The first-order chi connectivity index (χ1) is 15.6. The van der Waals surface area contributed by atoms with Gasteiger partial charge in [0.15, 0.2) is 11.5 Å². The van der Waals surface area contributed by atoms with Crippen LogP contribution in [0.2, 0.25) is 0 Å². The Hall–Kier alpha value is -3.48. The van der Waals surface area contributed by atoms with Crippen molar-refractivity contribution in [3.8, 4) is 11.5 Å². The normalized spacial score (nSPS) is 13.9. The van der Waals surface area contributed by atoms with Crippen LogP contribution in [0.25, 0.3) is 10.9 Å². The van der Waals surface area contributed by atoms with Crippen molar-refractivity contribution >= 4 is 22.7 Å². The van der Waals surface area contributed by atoms with Crippen molar-refractivity contribution in [3.05, 3.63) is 59.8 Å². The minimum Gasteiger partial charge on any atom is -0.490 e. The van der Waals surface area contributed by atoms with Crippen LogP contribution in [0.1, 0.15) is 29.9 Å². The zero-order valence-electron chi connectivity index (χ0n) is 18.6. The van der Waals surface area contributed by atoms with E-state index in [1.807, 2.05) is 67.3 Å². The summed E-state index contributed by atoms with van der Waals surface area (Å²) in [6, 6.07) is 15.4. The third kappa shape index (κ3) is 4.72. The molecule has 32 heavy (non-hydrogen) atoms. The van der Waals surface area contributed by atoms with Crippen molar-refractivity contribution in [2.75, 3.05) is 39.4 Å². The predicted molar refractivity (Wildman–Crippen MR) is 123 cm³/mol. The molecule has 1 aliphatic heterocycles. The lowest BCUT2D eigenvalue weighted by molar-refractivity contribution is -0.131. The Balaban J connectivity index is 1.35. The fourth-order valence-corrected chi connectivity index (χ4v) is 4.01. The van der Waals surface area contributed by atoms with E-state index < -0.39 is 0 Å². The average molecular weight is 436 g/mol. The quantitative estimate of drug-likeness (QED) is 0.617. The van der Waals surface area contributed by atoms with Gasteiger partial charge in [0.05, 0.1) is 19.6 Å². The Bertz CT molecular complexity index is 1070. The van der Waals surface area contributed by atoms with Crippen molar-refractivity contribution in [2.24, 2.45) is 0 Å². The van der Waals surface area contributed by atoms with Gasteiger partial charge in [-0.15, -0.1) is 0 Å². The summed E-state index contributed by atoms with van der Waals surface area (Å²) in [5.74, 6) is 1.37. The first kappa shape index (κ1) is 21.7. The number of amides is 2. The van der Waals surface area contributed by atoms with E-state index in [-0.39, 0.29) is 11.8 Å². The van der Waals surface area contributed by atoms with Crippen molar-refractivity contribution in [3.63, 3.8) is 0 Å². The van der Waals surface area contributed by atoms with Gasteiger partial charge in [0.25, 0.3) is 5.91 Å². The number of benzene rings is 2. The summed E-state index contributed by atoms with van der Waals surface area (Å²) in [5, 5.41) is 1.02. The van der Waals surface area contributed by atoms with Gasteiger partial charge < -0.3 is 24.3 Å². The number of nitrogens with zero attached hydrogens (tertiary/aromatic N) is 2. The van der Waals surface area contributed by atoms with E-state index in [0.717, 1.165) is 16.5 Å². The second-order valence-electron chi connectivity index (χ2n) is 7.77. The summed E-state index contributed by atoms with van der Waals surface area (Å²) in [4.78, 5) is 32.6. The average Bonchev–Trinajstić information content (AvgIpc) is 3.25. The molecule has 0 unspecified atom stereocenters. The molecule has 0 spiro atoms. The van der Waals surface area contributed by atoms with Crippen LogP contribution in [-0.2, 0) is 11.2 Å². The maximum atomic E-state index is 12.9. The number of carbonyl (C=O) groups is 2. The van der Waals surface area contributed by atoms with E-state index in [1.165, 1.54) is 0 Å². The highest BCUT2D eigenvalue weighted by molar-refractivity contribution is 5.98. The molecule has 168 valence electrons. The standard InChI is InChI=1S/C25H29N3O4/c1-3-31-22-10-9-18(15-23(22)32-4-2)16-24(29)27-11-13-28(14-12-27)25(30)21-17-19-7-5-6-8-20(19)26-21/h5-10,15,17,26H,3-4,11-14,16H2,1-2H3. The maximum Gasteiger partial charge on any atom is 0.270 e. The molecule has 1 fully saturated rings. The largest absolute Gasteiger partial charge is 0.490 e. The Kier molecular flexibility index (Phi) is 6.63. The van der Waals surface area contributed by atoms with E-state index >= 15 is 0 Å². The van der Waals surface area contributed by atoms with E-state index in [0.29, 0.717) is 63.0 Å². The molecule has 7 nitrogen and oxygen atoms in total. The molecule has 2 amide bonds. The van der Waals surface area contributed by atoms with E-state index in [4.69, 9.17) is 9.47 Å². The van der Waals surface area contributed by atoms with Gasteiger partial charge in [0.1, 0.15) is 5.69 Å². The van der Waals surface area contributed by atoms with Crippen LogP contribution >= 0.6 is 0 Å². The number of para-hydroxylation sites is 1. The number of aromatic amines is 1. The highest BCUT2D eigenvalue weighted by Crippen LogP contribution is 2.29. The molecule has 1 aliphatic rings. The number of hydrogen-bond acceptors (Lipinski definition) is 4. The van der Waals surface area contributed by atoms with Crippen LogP contribution in [0.5, 0.6) is 11.5 Å². The molecule has 4 rings (SSSR count). The molecule has 0 saturated carbocycles. The van der Waals surface area contributed by atoms with Crippen LogP contribution in [0, 0.1) is 0 Å². The van der Waals surface area contributed by atoms with E-state index in [2.05, 4.69) is 4.98 Å². The Morgan fingerprint density at radius 1 is 0.875 bits per heavy atom. The van der Waals surface area contributed by atoms with Gasteiger partial charge in [-0.25, -0.2) is 0 Å². The Morgan fingerprint density at radius 2 is 1.56 bits per heavy atom. The summed E-state index contributed by atoms with van der Waals surface area (Å²) >= 11 is 0. The lowest BCUT2D eigenvalue weighted by Gasteiger charge is -2.34. The number of hydrogen-bond donors (Lipinski definition) is 1. The van der Waals surface area contributed by atoms with E-state index in [1.54, 1.807) is 4.90 Å². The third-order valence-corrected chi connectivity index (χ3v) is 5.64. The number of ether oxygens (including phenoxy) is 2. The number of nitrogens with one attached hydrogen (secondary N) is 1. The SMILES string of the molecule is CCOc1ccc(CC(=O)N2CCN(C(=O)c3cc4ccccc4[nH]3)CC2)cc1OCC. The zero-order valence-corrected chi connectivity index (χ0v) is 18.6. The molecular formula is C25H29N3O4. The van der Waals surface area contributed by atoms with Crippen LogP contribution < -0.4 is 9.47 Å². The molecule has 7 heteroatoms. The van der Waals surface area contributed by atoms with Gasteiger partial charge >= 0.3 is 0 Å². The number of H-pyrrole nitrogens is 1. The molecule has 0 atom stereocenters. The van der Waals surface area contributed by atoms with Crippen LogP contribution in [0.4, 0.5) is 0 Å². The van der Waals surface area contributed by atoms with Crippen LogP contribution in [0.15, 0.2) is 48.5 Å². The number of carbonyl (C=O) groups excluding carboxylic acids is 2. The fourth-order valence-electron chi connectivity index (χ4n) is 4.01. The maximum absolute atomic E-state index is 12.9. The molecule has 0 bridgehead atoms. The summed E-state index contributed by atoms with van der Waals surface area (Å²) in [6.07, 6.45) is 0.294. The predicted octanol–water partition coefficient (Wildman–Crippen LogP) is 3.49. The number of aromatic nitrogens is 1. The zero-order chi connectivity index (χ0) is 22.5. The first-order valence-electron chi connectivity index (χ1n) is 11.1. The van der Waals surface area contributed by atoms with Gasteiger partial charge in [0.2, 0.25) is 5.91 Å². The Labute approximate surface area is 187 Å². The molecule has 1 N–H and O–H groups in total. The van der Waals surface area contributed by atoms with Crippen molar-refractivity contribution in [2.45, 2.75) is 20.3 Å². The molecule has 2 heterocycles. The molecular weight excluding hydrogens is 406 g/mol. The second kappa shape index (κ2) is 9.77. The molecule has 0 aliphatic carbocycles. The third-order valence-electron chi connectivity index (χ3n) is 5.64. The first-order valence-corrected chi connectivity index (χ1v) is 11.1.